The Morgan fingerprint density at radius 2 is 1.68 bits per heavy atom. The van der Waals surface area contributed by atoms with Crippen LogP contribution >= 0.6 is 0 Å². The number of hydrogen-bond donors (Lipinski definition) is 2. The van der Waals surface area contributed by atoms with Crippen LogP contribution in [0, 0.1) is 10.1 Å². The summed E-state index contributed by atoms with van der Waals surface area (Å²) in [7, 11) is 1.13. The van der Waals surface area contributed by atoms with Gasteiger partial charge in [0.05, 0.1) is 16.9 Å². The lowest BCUT2D eigenvalue weighted by molar-refractivity contribution is -0.384. The molecule has 0 saturated heterocycles. The summed E-state index contributed by atoms with van der Waals surface area (Å²) in [5.74, 6) is -0.907. The Bertz CT molecular complexity index is 1020. The van der Waals surface area contributed by atoms with Crippen molar-refractivity contribution in [1.29, 1.82) is 0 Å². The number of alkyl carbamates (subject to hydrolysis) is 1. The van der Waals surface area contributed by atoms with Crippen LogP contribution < -0.4 is 10.6 Å². The third-order valence-corrected chi connectivity index (χ3v) is 5.30. The summed E-state index contributed by atoms with van der Waals surface area (Å²) in [6.45, 7) is 4.49. The molecule has 1 amide bonds. The summed E-state index contributed by atoms with van der Waals surface area (Å²) < 4.78 is 28.2. The molecule has 2 aromatic rings. The normalized spacial score (nSPS) is 13.9. The van der Waals surface area contributed by atoms with Gasteiger partial charge in [0, 0.05) is 18.7 Å². The van der Waals surface area contributed by atoms with Crippen molar-refractivity contribution in [3.63, 3.8) is 0 Å². The van der Waals surface area contributed by atoms with Crippen molar-refractivity contribution in [1.82, 2.24) is 10.6 Å². The zero-order valence-corrected chi connectivity index (χ0v) is 20.0. The molecule has 34 heavy (non-hydrogen) atoms. The van der Waals surface area contributed by atoms with Gasteiger partial charge in [-0.15, -0.1) is 0 Å². The minimum atomic E-state index is -2.11. The average Bonchev–Trinajstić information content (AvgIpc) is 2.79. The molecule has 0 radical (unpaired) electrons. The van der Waals surface area contributed by atoms with E-state index < -0.39 is 45.9 Å². The van der Waals surface area contributed by atoms with Crippen molar-refractivity contribution in [2.45, 2.75) is 43.5 Å². The van der Waals surface area contributed by atoms with Crippen LogP contribution in [0.4, 0.5) is 10.5 Å². The van der Waals surface area contributed by atoms with Gasteiger partial charge in [-0.25, -0.2) is 13.8 Å². The topological polar surface area (TPSA) is 146 Å². The van der Waals surface area contributed by atoms with Crippen LogP contribution in [0.3, 0.4) is 0 Å². The maximum atomic E-state index is 12.8. The van der Waals surface area contributed by atoms with E-state index in [-0.39, 0.29) is 17.1 Å². The fourth-order valence-electron chi connectivity index (χ4n) is 2.70. The Balaban J connectivity index is 2.28. The van der Waals surface area contributed by atoms with Crippen LogP contribution in [0.15, 0.2) is 59.5 Å². The van der Waals surface area contributed by atoms with E-state index in [0.717, 1.165) is 12.7 Å². The number of nitro groups is 1. The quantitative estimate of drug-likeness (QED) is 0.221. The maximum Gasteiger partial charge on any atom is 0.409 e. The number of benzene rings is 2. The summed E-state index contributed by atoms with van der Waals surface area (Å²) >= 11 is -2.11. The van der Waals surface area contributed by atoms with E-state index in [0.29, 0.717) is 0 Å². The first-order valence-electron chi connectivity index (χ1n) is 10.1. The second-order valence-corrected chi connectivity index (χ2v) is 9.29. The number of rotatable bonds is 10. The molecule has 11 nitrogen and oxygen atoms in total. The molecule has 0 aliphatic carbocycles. The number of hydrogen-bond acceptors (Lipinski definition) is 9. The van der Waals surface area contributed by atoms with Crippen molar-refractivity contribution in [3.05, 3.63) is 70.3 Å². The highest BCUT2D eigenvalue weighted by Crippen LogP contribution is 2.18. The third-order valence-electron chi connectivity index (χ3n) is 4.31. The fourth-order valence-corrected chi connectivity index (χ4v) is 3.48. The average molecular weight is 494 g/mol. The second kappa shape index (κ2) is 11.7. The van der Waals surface area contributed by atoms with E-state index >= 15 is 0 Å². The number of nitrogens with one attached hydrogen (secondary N) is 2. The second-order valence-electron chi connectivity index (χ2n) is 8.11. The van der Waals surface area contributed by atoms with Crippen molar-refractivity contribution in [3.8, 4) is 0 Å². The first-order valence-corrected chi connectivity index (χ1v) is 11.2. The van der Waals surface area contributed by atoms with Crippen LogP contribution in [0.1, 0.15) is 26.3 Å². The van der Waals surface area contributed by atoms with Crippen LogP contribution in [-0.4, -0.2) is 46.2 Å². The van der Waals surface area contributed by atoms with Gasteiger partial charge in [0.25, 0.3) is 5.69 Å². The lowest BCUT2D eigenvalue weighted by atomic mass is 10.1. The van der Waals surface area contributed by atoms with E-state index in [9.17, 15) is 23.9 Å². The van der Waals surface area contributed by atoms with Gasteiger partial charge in [0.1, 0.15) is 12.2 Å². The van der Waals surface area contributed by atoms with Gasteiger partial charge in [-0.05, 0) is 38.5 Å². The fraction of sp³-hybridized carbons (Fsp3) is 0.364. The predicted octanol–water partition coefficient (Wildman–Crippen LogP) is 2.82. The zero-order chi connectivity index (χ0) is 25.4. The molecule has 0 bridgehead atoms. The van der Waals surface area contributed by atoms with Crippen LogP contribution in [-0.2, 0) is 36.1 Å². The number of nitrogens with zero attached hydrogens (tertiary/aromatic N) is 1. The van der Waals surface area contributed by atoms with E-state index in [1.165, 1.54) is 24.3 Å². The van der Waals surface area contributed by atoms with Gasteiger partial charge >= 0.3 is 12.1 Å². The molecule has 2 aromatic carbocycles. The minimum absolute atomic E-state index is 0.124. The lowest BCUT2D eigenvalue weighted by Gasteiger charge is -2.33. The number of carbonyl (C=O) groups excluding carboxylic acids is 2. The summed E-state index contributed by atoms with van der Waals surface area (Å²) in [6.07, 6.45) is -0.928. The largest absolute Gasteiger partial charge is 0.466 e. The van der Waals surface area contributed by atoms with Gasteiger partial charge in [-0.1, -0.05) is 30.3 Å². The molecule has 0 fully saturated rings. The molecule has 2 atom stereocenters. The number of methoxy groups -OCH3 is 1. The van der Waals surface area contributed by atoms with Gasteiger partial charge < -0.3 is 9.47 Å². The Kier molecular flexibility index (Phi) is 9.24. The van der Waals surface area contributed by atoms with E-state index in [2.05, 4.69) is 10.6 Å². The van der Waals surface area contributed by atoms with Gasteiger partial charge in [0.15, 0.2) is 11.1 Å². The monoisotopic (exact) mass is 493 g/mol. The lowest BCUT2D eigenvalue weighted by Crippen LogP contribution is -2.67. The van der Waals surface area contributed by atoms with Crippen LogP contribution in [0.25, 0.3) is 0 Å². The Hall–Kier alpha value is -3.35. The highest BCUT2D eigenvalue weighted by molar-refractivity contribution is 7.80. The van der Waals surface area contributed by atoms with Crippen molar-refractivity contribution >= 4 is 28.8 Å². The number of ether oxygens (including phenoxy) is 2. The molecule has 12 heteroatoms. The van der Waals surface area contributed by atoms with Crippen molar-refractivity contribution < 1.29 is 32.4 Å². The Labute approximate surface area is 199 Å². The van der Waals surface area contributed by atoms with E-state index in [4.69, 9.17) is 13.7 Å². The summed E-state index contributed by atoms with van der Waals surface area (Å²) in [4.78, 5) is 35.7. The highest BCUT2D eigenvalue weighted by atomic mass is 32.2. The molecule has 0 aliphatic heterocycles. The first-order chi connectivity index (χ1) is 16.0. The molecule has 184 valence electrons. The SMILES string of the molecule is COC(=O)C(COS(=O)c1ccc([N+](=O)[O-])cc1)(NCc1ccccc1)NC(=O)OC(C)(C)C. The van der Waals surface area contributed by atoms with Crippen molar-refractivity contribution in [2.24, 2.45) is 0 Å². The first kappa shape index (κ1) is 26.9. The van der Waals surface area contributed by atoms with Crippen LogP contribution in [0.5, 0.6) is 0 Å². The third kappa shape index (κ3) is 7.90. The number of esters is 1. The molecule has 0 heterocycles. The Morgan fingerprint density at radius 3 is 2.21 bits per heavy atom. The molecule has 0 saturated carbocycles. The van der Waals surface area contributed by atoms with Gasteiger partial charge in [-0.2, -0.15) is 0 Å². The number of non-ortho nitro benzene ring substituents is 1. The molecule has 0 aliphatic rings. The number of amides is 1. The summed E-state index contributed by atoms with van der Waals surface area (Å²) in [5, 5.41) is 16.2. The molecule has 2 rings (SSSR count). The smallest absolute Gasteiger partial charge is 0.409 e. The zero-order valence-electron chi connectivity index (χ0n) is 19.2. The predicted molar refractivity (Wildman–Crippen MR) is 123 cm³/mol. The Morgan fingerprint density at radius 1 is 1.06 bits per heavy atom. The maximum absolute atomic E-state index is 12.8. The molecule has 2 N–H and O–H groups in total. The molecular formula is C22H27N3O8S. The number of nitro benzene ring substituents is 1. The van der Waals surface area contributed by atoms with Crippen molar-refractivity contribution in [2.75, 3.05) is 13.7 Å². The molecular weight excluding hydrogens is 466 g/mol. The van der Waals surface area contributed by atoms with Gasteiger partial charge in [0.2, 0.25) is 5.66 Å². The summed E-state index contributed by atoms with van der Waals surface area (Å²) in [6, 6.07) is 13.9. The van der Waals surface area contributed by atoms with Crippen LogP contribution in [0.2, 0.25) is 0 Å². The molecule has 0 aromatic heterocycles. The molecule has 0 spiro atoms. The van der Waals surface area contributed by atoms with E-state index in [1.807, 2.05) is 6.07 Å². The molecule has 2 unspecified atom stereocenters. The van der Waals surface area contributed by atoms with Gasteiger partial charge in [-0.3, -0.25) is 24.9 Å². The number of carbonyl (C=O) groups is 2. The standard InChI is InChI=1S/C22H27N3O8S/c1-21(2,3)33-20(27)24-22(19(26)31-4,23-14-16-8-6-5-7-9-16)15-32-34(30)18-12-10-17(11-13-18)25(28)29/h5-13,23H,14-15H2,1-4H3,(H,24,27). The highest BCUT2D eigenvalue weighted by Gasteiger charge is 2.43. The van der Waals surface area contributed by atoms with E-state index in [1.54, 1.807) is 45.0 Å². The summed E-state index contributed by atoms with van der Waals surface area (Å²) in [5.41, 5.74) is -2.20. The minimum Gasteiger partial charge on any atom is -0.466 e.